The lowest BCUT2D eigenvalue weighted by Gasteiger charge is -2.30. The number of fused-ring (bicyclic) bond motifs is 1. The minimum absolute atomic E-state index is 0.218. The number of para-hydroxylation sites is 1. The number of pyridine rings is 1. The van der Waals surface area contributed by atoms with Gasteiger partial charge in [0.2, 0.25) is 10.3 Å². The number of rotatable bonds is 1. The van der Waals surface area contributed by atoms with E-state index in [1.807, 2.05) is 24.3 Å². The first-order chi connectivity index (χ1) is 9.25. The van der Waals surface area contributed by atoms with Gasteiger partial charge in [0.15, 0.2) is 4.64 Å². The normalized spacial score (nSPS) is 15.7. The summed E-state index contributed by atoms with van der Waals surface area (Å²) in [6.07, 6.45) is 0. The Morgan fingerprint density at radius 2 is 1.84 bits per heavy atom. The third kappa shape index (κ3) is 2.36. The van der Waals surface area contributed by atoms with Gasteiger partial charge in [0.25, 0.3) is 0 Å². The van der Waals surface area contributed by atoms with Crippen LogP contribution in [0.1, 0.15) is 0 Å². The van der Waals surface area contributed by atoms with Crippen molar-refractivity contribution in [2.24, 2.45) is 0 Å². The fourth-order valence-electron chi connectivity index (χ4n) is 2.43. The van der Waals surface area contributed by atoms with Gasteiger partial charge in [-0.3, -0.25) is 0 Å². The van der Waals surface area contributed by atoms with Crippen molar-refractivity contribution in [3.63, 3.8) is 0 Å². The number of aromatic amines is 1. The average Bonchev–Trinajstić information content (AvgIpc) is 2.47. The van der Waals surface area contributed by atoms with Gasteiger partial charge in [-0.15, -0.1) is 0 Å². The molecule has 0 bridgehead atoms. The molecule has 5 nitrogen and oxygen atoms in total. The topological polar surface area (TPSA) is 65.2 Å². The van der Waals surface area contributed by atoms with Crippen molar-refractivity contribution in [1.82, 2.24) is 10.3 Å². The third-order valence-corrected chi connectivity index (χ3v) is 3.97. The molecule has 1 fully saturated rings. The van der Waals surface area contributed by atoms with E-state index in [-0.39, 0.29) is 4.64 Å². The summed E-state index contributed by atoms with van der Waals surface area (Å²) in [7, 11) is -2.23. The quantitative estimate of drug-likeness (QED) is 0.763. The Kier molecular flexibility index (Phi) is 3.27. The van der Waals surface area contributed by atoms with Gasteiger partial charge in [0.05, 0.1) is 11.2 Å². The standard InChI is InChI=1S/C13H15N3O2S/c17-19(18)12-5-4-10-2-1-3-11(13(10)15-12)16-8-6-14-7-9-16/h1-5,14-15H,6-9H2. The highest BCUT2D eigenvalue weighted by Crippen LogP contribution is 2.24. The van der Waals surface area contributed by atoms with Crippen molar-refractivity contribution >= 4 is 26.9 Å². The van der Waals surface area contributed by atoms with E-state index >= 15 is 0 Å². The lowest BCUT2D eigenvalue weighted by molar-refractivity contribution is 0.590. The van der Waals surface area contributed by atoms with Crippen molar-refractivity contribution in [3.8, 4) is 0 Å². The largest absolute Gasteiger partial charge is 0.367 e. The Morgan fingerprint density at radius 1 is 1.05 bits per heavy atom. The fourth-order valence-corrected chi connectivity index (χ4v) is 2.79. The molecule has 2 N–H and O–H groups in total. The number of nitrogens with zero attached hydrogens (tertiary/aromatic N) is 1. The second-order valence-corrected chi connectivity index (χ2v) is 5.44. The summed E-state index contributed by atoms with van der Waals surface area (Å²) in [6.45, 7) is 3.75. The van der Waals surface area contributed by atoms with Gasteiger partial charge >= 0.3 is 0 Å². The molecule has 1 aromatic heterocycles. The number of piperazine rings is 1. The molecule has 0 radical (unpaired) electrons. The maximum atomic E-state index is 11.1. The second kappa shape index (κ2) is 5.07. The number of benzene rings is 1. The summed E-state index contributed by atoms with van der Waals surface area (Å²) in [5, 5.41) is 4.33. The molecule has 0 unspecified atom stereocenters. The van der Waals surface area contributed by atoms with E-state index < -0.39 is 10.3 Å². The van der Waals surface area contributed by atoms with Crippen LogP contribution in [0, 0.1) is 4.64 Å². The van der Waals surface area contributed by atoms with Crippen molar-refractivity contribution in [3.05, 3.63) is 35.0 Å². The van der Waals surface area contributed by atoms with Gasteiger partial charge in [-0.1, -0.05) is 12.1 Å². The Bertz CT molecular complexity index is 766. The molecule has 100 valence electrons. The molecule has 19 heavy (non-hydrogen) atoms. The van der Waals surface area contributed by atoms with Crippen LogP contribution in [0.2, 0.25) is 0 Å². The van der Waals surface area contributed by atoms with Crippen LogP contribution in [-0.4, -0.2) is 39.6 Å². The Hall–Kier alpha value is -1.79. The fraction of sp³-hybridized carbons (Fsp3) is 0.308. The van der Waals surface area contributed by atoms with Crippen LogP contribution < -0.4 is 10.2 Å². The average molecular weight is 277 g/mol. The van der Waals surface area contributed by atoms with Gasteiger partial charge in [-0.2, -0.15) is 8.42 Å². The molecule has 1 aromatic carbocycles. The predicted molar refractivity (Wildman–Crippen MR) is 75.5 cm³/mol. The highest BCUT2D eigenvalue weighted by Gasteiger charge is 2.13. The number of H-pyrrole nitrogens is 1. The number of anilines is 1. The van der Waals surface area contributed by atoms with Crippen molar-refractivity contribution in [2.75, 3.05) is 31.1 Å². The molecule has 0 spiro atoms. The molecule has 1 aliphatic rings. The van der Waals surface area contributed by atoms with Crippen LogP contribution in [0.15, 0.2) is 30.3 Å². The molecule has 1 aliphatic heterocycles. The smallest absolute Gasteiger partial charge is 0.238 e. The summed E-state index contributed by atoms with van der Waals surface area (Å²) in [5.74, 6) is 0. The minimum Gasteiger partial charge on any atom is -0.367 e. The predicted octanol–water partition coefficient (Wildman–Crippen LogP) is 0.989. The molecular weight excluding hydrogens is 262 g/mol. The Morgan fingerprint density at radius 3 is 2.58 bits per heavy atom. The van der Waals surface area contributed by atoms with Gasteiger partial charge in [0.1, 0.15) is 0 Å². The van der Waals surface area contributed by atoms with Crippen LogP contribution >= 0.6 is 0 Å². The molecule has 0 atom stereocenters. The number of hydrogen-bond acceptors (Lipinski definition) is 4. The van der Waals surface area contributed by atoms with Crippen molar-refractivity contribution in [1.29, 1.82) is 0 Å². The second-order valence-electron chi connectivity index (χ2n) is 4.54. The zero-order chi connectivity index (χ0) is 13.2. The van der Waals surface area contributed by atoms with Gasteiger partial charge in [0, 0.05) is 31.6 Å². The lowest BCUT2D eigenvalue weighted by atomic mass is 10.1. The highest BCUT2D eigenvalue weighted by atomic mass is 32.2. The first kappa shape index (κ1) is 12.3. The molecule has 0 saturated carbocycles. The van der Waals surface area contributed by atoms with E-state index in [4.69, 9.17) is 0 Å². The maximum absolute atomic E-state index is 11.1. The number of aromatic nitrogens is 1. The molecule has 1 saturated heterocycles. The van der Waals surface area contributed by atoms with Crippen LogP contribution in [0.25, 0.3) is 10.9 Å². The zero-order valence-corrected chi connectivity index (χ0v) is 11.2. The Labute approximate surface area is 112 Å². The molecule has 6 heteroatoms. The van der Waals surface area contributed by atoms with E-state index in [0.29, 0.717) is 0 Å². The SMILES string of the molecule is O=S(=O)=c1ccc2cccc(N3CCNCC3)c2[nH]1. The van der Waals surface area contributed by atoms with Crippen LogP contribution in [0.4, 0.5) is 5.69 Å². The molecule has 3 rings (SSSR count). The van der Waals surface area contributed by atoms with Gasteiger partial charge in [-0.05, 0) is 18.2 Å². The summed E-state index contributed by atoms with van der Waals surface area (Å²) < 4.78 is 22.4. The number of nitrogens with one attached hydrogen (secondary N) is 2. The van der Waals surface area contributed by atoms with Crippen LogP contribution in [-0.2, 0) is 10.3 Å². The summed E-state index contributed by atoms with van der Waals surface area (Å²) >= 11 is 0. The Balaban J connectivity index is 2.23. The monoisotopic (exact) mass is 277 g/mol. The van der Waals surface area contributed by atoms with Crippen LogP contribution in [0.3, 0.4) is 0 Å². The first-order valence-electron chi connectivity index (χ1n) is 6.26. The molecule has 2 heterocycles. The summed E-state index contributed by atoms with van der Waals surface area (Å²) in [5.41, 5.74) is 1.94. The summed E-state index contributed by atoms with van der Waals surface area (Å²) in [4.78, 5) is 5.29. The van der Waals surface area contributed by atoms with E-state index in [1.165, 1.54) is 0 Å². The maximum Gasteiger partial charge on any atom is 0.238 e. The van der Waals surface area contributed by atoms with Gasteiger partial charge < -0.3 is 15.2 Å². The number of hydrogen-bond donors (Lipinski definition) is 2. The zero-order valence-electron chi connectivity index (χ0n) is 10.4. The molecular formula is C13H15N3O2S. The first-order valence-corrected chi connectivity index (χ1v) is 7.33. The lowest BCUT2D eigenvalue weighted by Crippen LogP contribution is -2.43. The minimum atomic E-state index is -2.23. The van der Waals surface area contributed by atoms with E-state index in [1.54, 1.807) is 6.07 Å². The van der Waals surface area contributed by atoms with Crippen molar-refractivity contribution in [2.45, 2.75) is 0 Å². The van der Waals surface area contributed by atoms with E-state index in [9.17, 15) is 8.42 Å². The molecule has 0 amide bonds. The summed E-state index contributed by atoms with van der Waals surface area (Å²) in [6, 6.07) is 9.44. The third-order valence-electron chi connectivity index (χ3n) is 3.37. The van der Waals surface area contributed by atoms with E-state index in [0.717, 1.165) is 42.8 Å². The van der Waals surface area contributed by atoms with Crippen molar-refractivity contribution < 1.29 is 8.42 Å². The molecule has 0 aliphatic carbocycles. The van der Waals surface area contributed by atoms with E-state index in [2.05, 4.69) is 15.2 Å². The molecule has 2 aromatic rings. The van der Waals surface area contributed by atoms with Crippen LogP contribution in [0.5, 0.6) is 0 Å². The highest BCUT2D eigenvalue weighted by molar-refractivity contribution is 7.63. The van der Waals surface area contributed by atoms with Gasteiger partial charge in [-0.25, -0.2) is 0 Å².